The van der Waals surface area contributed by atoms with Crippen LogP contribution in [0.2, 0.25) is 0 Å². The van der Waals surface area contributed by atoms with Gasteiger partial charge in [0.05, 0.1) is 5.57 Å². The Morgan fingerprint density at radius 2 is 2.25 bits per heavy atom. The van der Waals surface area contributed by atoms with Crippen molar-refractivity contribution in [3.63, 3.8) is 0 Å². The normalized spacial score (nSPS) is 12.5. The highest BCUT2D eigenvalue weighted by Gasteiger charge is 2.10. The molecule has 0 saturated carbocycles. The van der Waals surface area contributed by atoms with Gasteiger partial charge in [-0.1, -0.05) is 12.7 Å². The summed E-state index contributed by atoms with van der Waals surface area (Å²) in [5.74, 6) is -1.12. The fraction of sp³-hybridized carbons (Fsp3) is 0.125. The van der Waals surface area contributed by atoms with Crippen LogP contribution in [-0.2, 0) is 9.74 Å². The minimum absolute atomic E-state index is 0.0463. The summed E-state index contributed by atoms with van der Waals surface area (Å²) < 4.78 is 11.4. The molecule has 2 N–H and O–H groups in total. The number of rotatable bonds is 3. The number of hydrogen-bond acceptors (Lipinski definition) is 3. The fourth-order valence-corrected chi connectivity index (χ4v) is 0.600. The van der Waals surface area contributed by atoms with Crippen LogP contribution < -0.4 is 5.73 Å². The zero-order valence-corrected chi connectivity index (χ0v) is 6.71. The van der Waals surface area contributed by atoms with Crippen molar-refractivity contribution in [3.8, 4) is 0 Å². The number of halogens is 1. The van der Waals surface area contributed by atoms with Crippen molar-refractivity contribution in [2.24, 2.45) is 5.73 Å². The SMILES string of the molecule is C=C/C(N)=C(\C=C/C)C(=O)OF. The van der Waals surface area contributed by atoms with Crippen LogP contribution in [0, 0.1) is 0 Å². The number of carbonyl (C=O) groups is 1. The van der Waals surface area contributed by atoms with E-state index in [1.54, 1.807) is 13.0 Å². The minimum atomic E-state index is -1.12. The molecule has 0 rings (SSSR count). The zero-order chi connectivity index (χ0) is 9.56. The number of carbonyl (C=O) groups excluding carboxylic acids is 1. The summed E-state index contributed by atoms with van der Waals surface area (Å²) in [6, 6.07) is 0. The van der Waals surface area contributed by atoms with Gasteiger partial charge in [-0.05, 0) is 19.1 Å². The van der Waals surface area contributed by atoms with Gasteiger partial charge in [0.25, 0.3) is 0 Å². The van der Waals surface area contributed by atoms with Crippen LogP contribution in [0.3, 0.4) is 0 Å². The molecule has 0 spiro atoms. The van der Waals surface area contributed by atoms with Gasteiger partial charge in [-0.3, -0.25) is 0 Å². The highest BCUT2D eigenvalue weighted by molar-refractivity contribution is 5.92. The monoisotopic (exact) mass is 171 g/mol. The quantitative estimate of drug-likeness (QED) is 0.515. The van der Waals surface area contributed by atoms with Gasteiger partial charge in [0, 0.05) is 10.2 Å². The Morgan fingerprint density at radius 1 is 1.67 bits per heavy atom. The molecular weight excluding hydrogens is 161 g/mol. The van der Waals surface area contributed by atoms with Crippen LogP contribution >= 0.6 is 0 Å². The predicted molar refractivity (Wildman–Crippen MR) is 43.4 cm³/mol. The molecule has 0 aromatic carbocycles. The Labute approximate surface area is 69.9 Å². The first-order valence-corrected chi connectivity index (χ1v) is 3.25. The van der Waals surface area contributed by atoms with Crippen molar-refractivity contribution in [2.75, 3.05) is 0 Å². The van der Waals surface area contributed by atoms with E-state index in [1.807, 2.05) is 0 Å². The molecule has 0 heterocycles. The maximum Gasteiger partial charge on any atom is 0.381 e. The lowest BCUT2D eigenvalue weighted by molar-refractivity contribution is -0.177. The summed E-state index contributed by atoms with van der Waals surface area (Å²) in [6.45, 7) is 5.00. The molecule has 0 radical (unpaired) electrons. The molecule has 0 aliphatic carbocycles. The van der Waals surface area contributed by atoms with E-state index in [1.165, 1.54) is 12.2 Å². The first kappa shape index (κ1) is 10.4. The smallest absolute Gasteiger partial charge is 0.381 e. The summed E-state index contributed by atoms with van der Waals surface area (Å²) in [5, 5.41) is 0. The van der Waals surface area contributed by atoms with E-state index in [4.69, 9.17) is 5.73 Å². The highest BCUT2D eigenvalue weighted by atomic mass is 19.3. The Morgan fingerprint density at radius 3 is 2.58 bits per heavy atom. The van der Waals surface area contributed by atoms with Crippen LogP contribution in [0.15, 0.2) is 36.1 Å². The summed E-state index contributed by atoms with van der Waals surface area (Å²) in [6.07, 6.45) is 4.13. The third-order valence-electron chi connectivity index (χ3n) is 1.15. The van der Waals surface area contributed by atoms with Crippen molar-refractivity contribution in [3.05, 3.63) is 36.1 Å². The molecule has 0 unspecified atom stereocenters. The molecule has 0 amide bonds. The van der Waals surface area contributed by atoms with Crippen LogP contribution in [-0.4, -0.2) is 5.97 Å². The van der Waals surface area contributed by atoms with E-state index in [-0.39, 0.29) is 11.3 Å². The van der Waals surface area contributed by atoms with Gasteiger partial charge < -0.3 is 5.73 Å². The Bertz CT molecular complexity index is 243. The van der Waals surface area contributed by atoms with Gasteiger partial charge in [-0.25, -0.2) is 9.74 Å². The van der Waals surface area contributed by atoms with Gasteiger partial charge in [-0.15, -0.1) is 0 Å². The Balaban J connectivity index is 4.90. The van der Waals surface area contributed by atoms with Gasteiger partial charge in [0.2, 0.25) is 0 Å². The standard InChI is InChI=1S/C8H10FNO2/c1-3-5-6(7(10)4-2)8(11)12-9/h3-5H,2,10H2,1H3/b5-3-,7-6-. The van der Waals surface area contributed by atoms with Crippen molar-refractivity contribution in [1.29, 1.82) is 0 Å². The maximum absolute atomic E-state index is 11.4. The highest BCUT2D eigenvalue weighted by Crippen LogP contribution is 2.05. The van der Waals surface area contributed by atoms with Crippen molar-refractivity contribution in [2.45, 2.75) is 6.92 Å². The number of nitrogens with two attached hydrogens (primary N) is 1. The summed E-state index contributed by atoms with van der Waals surface area (Å²) >= 11 is 0. The zero-order valence-electron chi connectivity index (χ0n) is 6.71. The van der Waals surface area contributed by atoms with Crippen molar-refractivity contribution < 1.29 is 14.3 Å². The van der Waals surface area contributed by atoms with Crippen molar-refractivity contribution >= 4 is 5.97 Å². The van der Waals surface area contributed by atoms with E-state index >= 15 is 0 Å². The van der Waals surface area contributed by atoms with Crippen LogP contribution in [0.25, 0.3) is 0 Å². The van der Waals surface area contributed by atoms with Crippen molar-refractivity contribution in [1.82, 2.24) is 0 Å². The second kappa shape index (κ2) is 5.12. The largest absolute Gasteiger partial charge is 0.398 e. The van der Waals surface area contributed by atoms with E-state index < -0.39 is 5.97 Å². The fourth-order valence-electron chi connectivity index (χ4n) is 0.600. The molecular formula is C8H10FNO2. The summed E-state index contributed by atoms with van der Waals surface area (Å²) in [5.41, 5.74) is 5.36. The molecule has 0 aliphatic rings. The average molecular weight is 171 g/mol. The molecule has 0 saturated heterocycles. The van der Waals surface area contributed by atoms with Crippen LogP contribution in [0.4, 0.5) is 4.53 Å². The first-order chi connectivity index (χ1) is 5.67. The van der Waals surface area contributed by atoms with Gasteiger partial charge in [0.15, 0.2) is 0 Å². The summed E-state index contributed by atoms with van der Waals surface area (Å²) in [7, 11) is 0. The molecule has 4 heteroatoms. The predicted octanol–water partition coefficient (Wildman–Crippen LogP) is 1.39. The average Bonchev–Trinajstić information content (AvgIpc) is 2.11. The van der Waals surface area contributed by atoms with E-state index in [2.05, 4.69) is 11.5 Å². The third-order valence-corrected chi connectivity index (χ3v) is 1.15. The second-order valence-electron chi connectivity index (χ2n) is 1.94. The topological polar surface area (TPSA) is 52.3 Å². The number of hydrogen-bond donors (Lipinski definition) is 1. The van der Waals surface area contributed by atoms with Gasteiger partial charge in [-0.2, -0.15) is 0 Å². The van der Waals surface area contributed by atoms with E-state index in [0.717, 1.165) is 0 Å². The van der Waals surface area contributed by atoms with Crippen LogP contribution in [0.5, 0.6) is 0 Å². The molecule has 0 atom stereocenters. The molecule has 12 heavy (non-hydrogen) atoms. The first-order valence-electron chi connectivity index (χ1n) is 3.25. The molecule has 66 valence electrons. The van der Waals surface area contributed by atoms with E-state index in [0.29, 0.717) is 0 Å². The third kappa shape index (κ3) is 2.57. The second-order valence-corrected chi connectivity index (χ2v) is 1.94. The van der Waals surface area contributed by atoms with Gasteiger partial charge >= 0.3 is 5.97 Å². The molecule has 0 fully saturated rings. The minimum Gasteiger partial charge on any atom is -0.398 e. The lowest BCUT2D eigenvalue weighted by atomic mass is 10.2. The lowest BCUT2D eigenvalue weighted by Gasteiger charge is -1.98. The Hall–Kier alpha value is -1.58. The molecule has 0 aromatic heterocycles. The molecule has 0 bridgehead atoms. The molecule has 3 nitrogen and oxygen atoms in total. The lowest BCUT2D eigenvalue weighted by Crippen LogP contribution is -2.08. The maximum atomic E-state index is 11.4. The van der Waals surface area contributed by atoms with Gasteiger partial charge in [0.1, 0.15) is 0 Å². The molecule has 0 aliphatic heterocycles. The Kier molecular flexibility index (Phi) is 4.45. The molecule has 0 aromatic rings. The van der Waals surface area contributed by atoms with Crippen LogP contribution in [0.1, 0.15) is 6.92 Å². The number of allylic oxidation sites excluding steroid dienone is 2. The van der Waals surface area contributed by atoms with E-state index in [9.17, 15) is 9.32 Å². The summed E-state index contributed by atoms with van der Waals surface area (Å²) in [4.78, 5) is 13.7.